The Bertz CT molecular complexity index is 1290. The van der Waals surface area contributed by atoms with Gasteiger partial charge in [-0.2, -0.15) is 4.31 Å². The molecule has 0 radical (unpaired) electrons. The van der Waals surface area contributed by atoms with Gasteiger partial charge in [-0.3, -0.25) is 9.59 Å². The van der Waals surface area contributed by atoms with Crippen LogP contribution in [0.5, 0.6) is 0 Å². The lowest BCUT2D eigenvalue weighted by atomic mass is 10.1. The second-order valence-electron chi connectivity index (χ2n) is 7.64. The van der Waals surface area contributed by atoms with E-state index in [2.05, 4.69) is 4.98 Å². The van der Waals surface area contributed by atoms with Crippen LogP contribution in [0.2, 0.25) is 5.02 Å². The number of halogens is 1. The van der Waals surface area contributed by atoms with Crippen LogP contribution in [0.4, 0.5) is 0 Å². The first-order valence-electron chi connectivity index (χ1n) is 9.91. The molecule has 0 aliphatic carbocycles. The van der Waals surface area contributed by atoms with Crippen LogP contribution >= 0.6 is 11.6 Å². The number of aliphatic hydroxyl groups excluding tert-OH is 1. The Morgan fingerprint density at radius 1 is 1.19 bits per heavy atom. The molecule has 0 bridgehead atoms. The number of aromatic amines is 1. The maximum absolute atomic E-state index is 13.0. The fourth-order valence-electron chi connectivity index (χ4n) is 3.95. The number of Topliss-reactive ketones (excluding diaryl/α,β-unsaturated/α-hetero) is 1. The summed E-state index contributed by atoms with van der Waals surface area (Å²) in [5, 5.41) is 11.1. The number of hydrogen-bond acceptors (Lipinski definition) is 6. The van der Waals surface area contributed by atoms with Gasteiger partial charge in [0.1, 0.15) is 6.04 Å². The van der Waals surface area contributed by atoms with E-state index in [1.54, 1.807) is 19.1 Å². The molecule has 10 heteroatoms. The Morgan fingerprint density at radius 2 is 1.88 bits per heavy atom. The van der Waals surface area contributed by atoms with Gasteiger partial charge in [-0.15, -0.1) is 0 Å². The maximum Gasteiger partial charge on any atom is 0.325 e. The Kier molecular flexibility index (Phi) is 6.09. The minimum Gasteiger partial charge on any atom is -0.456 e. The van der Waals surface area contributed by atoms with Crippen LogP contribution in [0.1, 0.15) is 22.5 Å². The number of H-pyrrole nitrogens is 1. The zero-order valence-electron chi connectivity index (χ0n) is 17.1. The van der Waals surface area contributed by atoms with E-state index in [0.29, 0.717) is 21.7 Å². The number of ketones is 1. The molecular weight excluding hydrogens is 456 g/mol. The quantitative estimate of drug-likeness (QED) is 0.417. The molecule has 4 rings (SSSR count). The van der Waals surface area contributed by atoms with E-state index < -0.39 is 40.5 Å². The van der Waals surface area contributed by atoms with Gasteiger partial charge in [0.25, 0.3) is 0 Å². The van der Waals surface area contributed by atoms with Crippen molar-refractivity contribution in [3.05, 3.63) is 64.8 Å². The molecule has 1 aromatic heterocycles. The van der Waals surface area contributed by atoms with E-state index in [-0.39, 0.29) is 17.9 Å². The van der Waals surface area contributed by atoms with Crippen molar-refractivity contribution in [3.8, 4) is 0 Å². The number of aliphatic hydroxyl groups is 1. The first-order chi connectivity index (χ1) is 15.2. The van der Waals surface area contributed by atoms with E-state index in [0.717, 1.165) is 9.82 Å². The minimum absolute atomic E-state index is 0.0562. The van der Waals surface area contributed by atoms with Crippen molar-refractivity contribution < 1.29 is 27.9 Å². The van der Waals surface area contributed by atoms with Crippen LogP contribution in [-0.2, 0) is 19.6 Å². The van der Waals surface area contributed by atoms with E-state index in [9.17, 15) is 23.1 Å². The van der Waals surface area contributed by atoms with Gasteiger partial charge < -0.3 is 14.8 Å². The van der Waals surface area contributed by atoms with Crippen LogP contribution in [0.3, 0.4) is 0 Å². The molecule has 1 aliphatic heterocycles. The largest absolute Gasteiger partial charge is 0.456 e. The van der Waals surface area contributed by atoms with Crippen LogP contribution in [0.25, 0.3) is 10.9 Å². The van der Waals surface area contributed by atoms with Crippen LogP contribution < -0.4 is 0 Å². The van der Waals surface area contributed by atoms with Crippen LogP contribution in [0.15, 0.2) is 53.4 Å². The molecule has 2 atom stereocenters. The molecule has 32 heavy (non-hydrogen) atoms. The number of aryl methyl sites for hydroxylation is 1. The number of sulfonamides is 1. The number of carbonyl (C=O) groups is 2. The van der Waals surface area contributed by atoms with E-state index in [4.69, 9.17) is 16.3 Å². The van der Waals surface area contributed by atoms with Crippen molar-refractivity contribution in [1.29, 1.82) is 0 Å². The summed E-state index contributed by atoms with van der Waals surface area (Å²) in [7, 11) is -4.08. The highest BCUT2D eigenvalue weighted by Crippen LogP contribution is 2.28. The zero-order valence-corrected chi connectivity index (χ0v) is 18.7. The van der Waals surface area contributed by atoms with Gasteiger partial charge in [-0.1, -0.05) is 29.8 Å². The first kappa shape index (κ1) is 22.5. The molecule has 0 amide bonds. The number of esters is 1. The molecule has 1 fully saturated rings. The third-order valence-electron chi connectivity index (χ3n) is 5.44. The summed E-state index contributed by atoms with van der Waals surface area (Å²) in [6.07, 6.45) is -1.15. The molecule has 1 aliphatic rings. The molecule has 3 aromatic rings. The fraction of sp³-hybridized carbons (Fsp3) is 0.273. The predicted octanol–water partition coefficient (Wildman–Crippen LogP) is 2.68. The topological polar surface area (TPSA) is 117 Å². The molecule has 2 N–H and O–H groups in total. The van der Waals surface area contributed by atoms with E-state index in [1.807, 2.05) is 12.1 Å². The number of para-hydroxylation sites is 1. The molecule has 8 nitrogen and oxygen atoms in total. The van der Waals surface area contributed by atoms with Crippen molar-refractivity contribution in [1.82, 2.24) is 9.29 Å². The number of fused-ring (bicyclic) bond motifs is 1. The predicted molar refractivity (Wildman–Crippen MR) is 118 cm³/mol. The highest BCUT2D eigenvalue weighted by molar-refractivity contribution is 7.89. The van der Waals surface area contributed by atoms with Gasteiger partial charge >= 0.3 is 5.97 Å². The second-order valence-corrected chi connectivity index (χ2v) is 9.96. The number of aromatic nitrogens is 1. The summed E-state index contributed by atoms with van der Waals surface area (Å²) in [4.78, 5) is 28.6. The molecule has 2 heterocycles. The number of nitrogens with zero attached hydrogens (tertiary/aromatic N) is 1. The monoisotopic (exact) mass is 476 g/mol. The average Bonchev–Trinajstić information content (AvgIpc) is 3.31. The van der Waals surface area contributed by atoms with Crippen LogP contribution in [-0.4, -0.2) is 59.9 Å². The number of carbonyl (C=O) groups excluding carboxylic acids is 2. The third-order valence-corrected chi connectivity index (χ3v) is 7.58. The standard InChI is InChI=1S/C22H21ClN2O6S/c1-13-21(17-4-2-3-5-18(17)24-13)20(27)12-31-22(28)19-10-15(26)11-25(19)32(29,30)16-8-6-14(23)7-9-16/h2-9,15,19,24,26H,10-12H2,1H3/t15-,19+/m1/s1. The van der Waals surface area contributed by atoms with Crippen molar-refractivity contribution in [2.24, 2.45) is 0 Å². The lowest BCUT2D eigenvalue weighted by Crippen LogP contribution is -2.41. The van der Waals surface area contributed by atoms with E-state index in [1.165, 1.54) is 24.3 Å². The van der Waals surface area contributed by atoms with Gasteiger partial charge in [-0.25, -0.2) is 8.42 Å². The summed E-state index contributed by atoms with van der Waals surface area (Å²) < 4.78 is 32.1. The minimum atomic E-state index is -4.08. The number of β-amino-alcohol motifs (C(OH)–C–C–N with tert-alkyl or cyclic N) is 1. The lowest BCUT2D eigenvalue weighted by Gasteiger charge is -2.22. The van der Waals surface area contributed by atoms with Crippen molar-refractivity contribution in [2.45, 2.75) is 30.4 Å². The summed E-state index contributed by atoms with van der Waals surface area (Å²) in [5.74, 6) is -1.29. The molecule has 0 unspecified atom stereocenters. The fourth-order valence-corrected chi connectivity index (χ4v) is 5.70. The number of rotatable bonds is 6. The zero-order chi connectivity index (χ0) is 23.0. The van der Waals surface area contributed by atoms with Crippen molar-refractivity contribution in [2.75, 3.05) is 13.2 Å². The smallest absolute Gasteiger partial charge is 0.325 e. The summed E-state index contributed by atoms with van der Waals surface area (Å²) in [6, 6.07) is 11.6. The number of benzene rings is 2. The highest BCUT2D eigenvalue weighted by atomic mass is 35.5. The van der Waals surface area contributed by atoms with Gasteiger partial charge in [0.2, 0.25) is 15.8 Å². The Balaban J connectivity index is 1.51. The average molecular weight is 477 g/mol. The summed E-state index contributed by atoms with van der Waals surface area (Å²) in [5.41, 5.74) is 1.86. The van der Waals surface area contributed by atoms with Crippen molar-refractivity contribution in [3.63, 3.8) is 0 Å². The first-order valence-corrected chi connectivity index (χ1v) is 11.7. The number of ether oxygens (including phenoxy) is 1. The molecule has 0 spiro atoms. The third kappa shape index (κ3) is 4.16. The van der Waals surface area contributed by atoms with Gasteiger partial charge in [0.05, 0.1) is 11.0 Å². The Hall–Kier alpha value is -2.72. The maximum atomic E-state index is 13.0. The molecule has 0 saturated carbocycles. The van der Waals surface area contributed by atoms with Gasteiger partial charge in [0, 0.05) is 40.1 Å². The number of hydrogen-bond donors (Lipinski definition) is 2. The normalized spacial score (nSPS) is 19.3. The van der Waals surface area contributed by atoms with Gasteiger partial charge in [-0.05, 0) is 37.3 Å². The van der Waals surface area contributed by atoms with Crippen molar-refractivity contribution >= 4 is 44.3 Å². The highest BCUT2D eigenvalue weighted by Gasteiger charge is 2.44. The molecular formula is C22H21ClN2O6S. The molecule has 168 valence electrons. The SMILES string of the molecule is Cc1[nH]c2ccccc2c1C(=O)COC(=O)[C@@H]1C[C@@H](O)CN1S(=O)(=O)c1ccc(Cl)cc1. The number of nitrogens with one attached hydrogen (secondary N) is 1. The lowest BCUT2D eigenvalue weighted by molar-refractivity contribution is -0.146. The van der Waals surface area contributed by atoms with Crippen LogP contribution in [0, 0.1) is 6.92 Å². The van der Waals surface area contributed by atoms with Gasteiger partial charge in [0.15, 0.2) is 6.61 Å². The Labute approximate surface area is 189 Å². The molecule has 2 aromatic carbocycles. The van der Waals surface area contributed by atoms with E-state index >= 15 is 0 Å². The Morgan fingerprint density at radius 3 is 2.59 bits per heavy atom. The summed E-state index contributed by atoms with van der Waals surface area (Å²) in [6.45, 7) is 0.964. The molecule has 1 saturated heterocycles. The summed E-state index contributed by atoms with van der Waals surface area (Å²) >= 11 is 5.83. The second kappa shape index (κ2) is 8.67.